The Morgan fingerprint density at radius 3 is 2.38 bits per heavy atom. The molecule has 3 aliphatic rings. The molecular formula is C24H38O7Si. The second kappa shape index (κ2) is 9.20. The predicted molar refractivity (Wildman–Crippen MR) is 122 cm³/mol. The van der Waals surface area contributed by atoms with Crippen LogP contribution in [-0.4, -0.2) is 62.9 Å². The molecule has 0 N–H and O–H groups in total. The zero-order valence-electron chi connectivity index (χ0n) is 20.7. The van der Waals surface area contributed by atoms with Crippen LogP contribution in [0, 0.1) is 17.4 Å². The van der Waals surface area contributed by atoms with E-state index >= 15 is 0 Å². The molecular weight excluding hydrogens is 428 g/mol. The van der Waals surface area contributed by atoms with E-state index in [0.717, 1.165) is 5.57 Å². The molecule has 0 spiro atoms. The third-order valence-electron chi connectivity index (χ3n) is 5.58. The Morgan fingerprint density at radius 2 is 1.81 bits per heavy atom. The van der Waals surface area contributed by atoms with E-state index in [0.29, 0.717) is 19.4 Å². The van der Waals surface area contributed by atoms with Gasteiger partial charge in [-0.05, 0) is 41.0 Å². The number of fused-ring (bicyclic) bond motifs is 1. The molecule has 8 heteroatoms. The minimum Gasteiger partial charge on any atom is -0.456 e. The molecule has 0 aromatic heterocycles. The number of rotatable bonds is 6. The molecule has 0 aromatic rings. The van der Waals surface area contributed by atoms with Gasteiger partial charge >= 0.3 is 5.97 Å². The monoisotopic (exact) mass is 466 g/mol. The van der Waals surface area contributed by atoms with E-state index < -0.39 is 56.3 Å². The van der Waals surface area contributed by atoms with Gasteiger partial charge in [-0.15, -0.1) is 11.5 Å². The van der Waals surface area contributed by atoms with Crippen molar-refractivity contribution in [1.29, 1.82) is 0 Å². The fraction of sp³-hybridized carbons (Fsp3) is 0.792. The summed E-state index contributed by atoms with van der Waals surface area (Å²) in [5.74, 6) is 0.884. The minimum atomic E-state index is -1.45. The molecule has 0 saturated carbocycles. The van der Waals surface area contributed by atoms with Crippen LogP contribution in [0.15, 0.2) is 12.2 Å². The summed E-state index contributed by atoms with van der Waals surface area (Å²) in [5.41, 5.74) is 4.09. The highest BCUT2D eigenvalue weighted by atomic mass is 28.3. The highest BCUT2D eigenvalue weighted by Crippen LogP contribution is 2.42. The normalized spacial score (nSPS) is 33.8. The fourth-order valence-corrected chi connectivity index (χ4v) is 4.80. The number of esters is 1. The summed E-state index contributed by atoms with van der Waals surface area (Å²) in [6.07, 6.45) is -1.61. The molecule has 32 heavy (non-hydrogen) atoms. The Kier molecular flexibility index (Phi) is 7.31. The van der Waals surface area contributed by atoms with Gasteiger partial charge in [-0.25, -0.2) is 0 Å². The van der Waals surface area contributed by atoms with Gasteiger partial charge < -0.3 is 28.4 Å². The minimum absolute atomic E-state index is 0.338. The summed E-state index contributed by atoms with van der Waals surface area (Å²) in [5, 5.41) is 0. The van der Waals surface area contributed by atoms with Crippen molar-refractivity contribution in [1.82, 2.24) is 0 Å². The molecule has 3 fully saturated rings. The lowest BCUT2D eigenvalue weighted by molar-refractivity contribution is -0.235. The molecule has 7 nitrogen and oxygen atoms in total. The summed E-state index contributed by atoms with van der Waals surface area (Å²) in [6, 6.07) is 0. The van der Waals surface area contributed by atoms with Crippen molar-refractivity contribution in [2.75, 3.05) is 6.61 Å². The predicted octanol–water partition coefficient (Wildman–Crippen LogP) is 3.78. The molecule has 3 rings (SSSR count). The van der Waals surface area contributed by atoms with Crippen LogP contribution >= 0.6 is 0 Å². The van der Waals surface area contributed by atoms with Crippen LogP contribution in [0.3, 0.4) is 0 Å². The van der Waals surface area contributed by atoms with Gasteiger partial charge in [-0.1, -0.05) is 31.8 Å². The first-order valence-electron chi connectivity index (χ1n) is 11.4. The quantitative estimate of drug-likeness (QED) is 0.255. The summed E-state index contributed by atoms with van der Waals surface area (Å²) < 4.78 is 35.8. The van der Waals surface area contributed by atoms with Gasteiger partial charge in [0.2, 0.25) is 0 Å². The summed E-state index contributed by atoms with van der Waals surface area (Å²) in [6.45, 7) is 20.1. The Labute approximate surface area is 193 Å². The standard InChI is InChI=1S/C24H38O7Si/c1-15(2)16(12-10-11-13-32(7,8)9)21(25)27-19-18(17-14-26-23(3,4)29-17)28-22-20(19)30-24(5,6)31-22/h16-20,22H,1,10,12,14H2,2-9H3/t16-,17+,18-,19-,20-,22-/m1/s1. The van der Waals surface area contributed by atoms with Crippen molar-refractivity contribution < 1.29 is 33.2 Å². The maximum Gasteiger partial charge on any atom is 0.313 e. The molecule has 0 aromatic carbocycles. The van der Waals surface area contributed by atoms with Crippen LogP contribution in [0.5, 0.6) is 0 Å². The van der Waals surface area contributed by atoms with Crippen LogP contribution in [0.2, 0.25) is 19.6 Å². The van der Waals surface area contributed by atoms with Crippen LogP contribution in [0.25, 0.3) is 0 Å². The van der Waals surface area contributed by atoms with Crippen LogP contribution < -0.4 is 0 Å². The van der Waals surface area contributed by atoms with Gasteiger partial charge in [0.05, 0.1) is 12.5 Å². The molecule has 0 amide bonds. The van der Waals surface area contributed by atoms with Gasteiger partial charge in [-0.3, -0.25) is 4.79 Å². The first-order valence-corrected chi connectivity index (χ1v) is 14.9. The van der Waals surface area contributed by atoms with E-state index in [1.165, 1.54) is 0 Å². The Bertz CT molecular complexity index is 788. The lowest BCUT2D eigenvalue weighted by Gasteiger charge is -2.29. The SMILES string of the molecule is C=C(C)[C@@H](CCC#C[Si](C)(C)C)C(=O)O[C@H]1[C@H]2OC(C)(C)O[C@H]2O[C@@H]1[C@@H]1COC(C)(C)O1. The number of carbonyl (C=O) groups is 1. The molecule has 0 unspecified atom stereocenters. The zero-order chi connectivity index (χ0) is 23.9. The van der Waals surface area contributed by atoms with E-state index in [1.807, 2.05) is 34.6 Å². The molecule has 3 aliphatic heterocycles. The van der Waals surface area contributed by atoms with E-state index in [2.05, 4.69) is 37.7 Å². The number of hydrogen-bond acceptors (Lipinski definition) is 7. The molecule has 0 bridgehead atoms. The molecule has 6 atom stereocenters. The highest BCUT2D eigenvalue weighted by Gasteiger charge is 2.60. The number of ether oxygens (including phenoxy) is 6. The van der Waals surface area contributed by atoms with E-state index in [-0.39, 0.29) is 5.97 Å². The number of carbonyl (C=O) groups excluding carboxylic acids is 1. The second-order valence-corrected chi connectivity index (χ2v) is 15.6. The van der Waals surface area contributed by atoms with Crippen molar-refractivity contribution in [2.24, 2.45) is 5.92 Å². The summed E-state index contributed by atoms with van der Waals surface area (Å²) in [7, 11) is -1.45. The van der Waals surface area contributed by atoms with Crippen molar-refractivity contribution in [2.45, 2.75) is 109 Å². The van der Waals surface area contributed by atoms with Crippen molar-refractivity contribution >= 4 is 14.0 Å². The van der Waals surface area contributed by atoms with Crippen molar-refractivity contribution in [3.63, 3.8) is 0 Å². The molecule has 0 aliphatic carbocycles. The van der Waals surface area contributed by atoms with Gasteiger partial charge in [0.25, 0.3) is 0 Å². The number of hydrogen-bond donors (Lipinski definition) is 0. The molecule has 3 heterocycles. The van der Waals surface area contributed by atoms with Crippen LogP contribution in [0.4, 0.5) is 0 Å². The van der Waals surface area contributed by atoms with Gasteiger partial charge in [-0.2, -0.15) is 0 Å². The first kappa shape index (κ1) is 25.4. The topological polar surface area (TPSA) is 72.5 Å². The van der Waals surface area contributed by atoms with Gasteiger partial charge in [0.15, 0.2) is 30.1 Å². The van der Waals surface area contributed by atoms with Crippen molar-refractivity contribution in [3.8, 4) is 11.5 Å². The highest BCUT2D eigenvalue weighted by molar-refractivity contribution is 6.83. The lowest BCUT2D eigenvalue weighted by atomic mass is 9.96. The van der Waals surface area contributed by atoms with Gasteiger partial charge in [0.1, 0.15) is 20.3 Å². The molecule has 3 saturated heterocycles. The smallest absolute Gasteiger partial charge is 0.313 e. The second-order valence-electron chi connectivity index (χ2n) is 10.8. The fourth-order valence-electron chi connectivity index (χ4n) is 4.14. The Hall–Kier alpha value is -1.21. The largest absolute Gasteiger partial charge is 0.456 e. The maximum absolute atomic E-state index is 13.2. The summed E-state index contributed by atoms with van der Waals surface area (Å²) >= 11 is 0. The summed E-state index contributed by atoms with van der Waals surface area (Å²) in [4.78, 5) is 13.2. The third-order valence-corrected chi connectivity index (χ3v) is 6.50. The average molecular weight is 467 g/mol. The maximum atomic E-state index is 13.2. The van der Waals surface area contributed by atoms with E-state index in [9.17, 15) is 4.79 Å². The molecule has 180 valence electrons. The molecule has 0 radical (unpaired) electrons. The van der Waals surface area contributed by atoms with E-state index in [4.69, 9.17) is 28.4 Å². The average Bonchev–Trinajstić information content (AvgIpc) is 3.23. The Morgan fingerprint density at radius 1 is 1.12 bits per heavy atom. The van der Waals surface area contributed by atoms with E-state index in [1.54, 1.807) is 0 Å². The van der Waals surface area contributed by atoms with Crippen molar-refractivity contribution in [3.05, 3.63) is 12.2 Å². The van der Waals surface area contributed by atoms with Crippen LogP contribution in [0.1, 0.15) is 47.5 Å². The Balaban J connectivity index is 1.73. The van der Waals surface area contributed by atoms with Gasteiger partial charge in [0, 0.05) is 6.42 Å². The third kappa shape index (κ3) is 6.22. The lowest BCUT2D eigenvalue weighted by Crippen LogP contribution is -2.46. The zero-order valence-corrected chi connectivity index (χ0v) is 21.7. The first-order chi connectivity index (χ1) is 14.7. The van der Waals surface area contributed by atoms with Crippen LogP contribution in [-0.2, 0) is 33.2 Å².